The molecule has 0 atom stereocenters. The zero-order valence-electron chi connectivity index (χ0n) is 17.5. The second kappa shape index (κ2) is 10.7. The van der Waals surface area contributed by atoms with Gasteiger partial charge in [0.1, 0.15) is 5.75 Å². The van der Waals surface area contributed by atoms with Crippen LogP contribution < -0.4 is 15.4 Å². The first kappa shape index (κ1) is 22.5. The van der Waals surface area contributed by atoms with Crippen LogP contribution in [-0.2, 0) is 16.4 Å². The number of aliphatic imine (C=N–C) groups is 1. The van der Waals surface area contributed by atoms with E-state index in [0.29, 0.717) is 25.6 Å². The molecule has 1 aliphatic heterocycles. The molecule has 158 valence electrons. The normalized spacial score (nSPS) is 16.8. The molecule has 1 fully saturated rings. The van der Waals surface area contributed by atoms with Crippen molar-refractivity contribution in [2.45, 2.75) is 33.1 Å². The van der Waals surface area contributed by atoms with Crippen LogP contribution in [0.2, 0.25) is 0 Å². The van der Waals surface area contributed by atoms with E-state index in [9.17, 15) is 8.42 Å². The first-order valence-electron chi connectivity index (χ1n) is 9.94. The van der Waals surface area contributed by atoms with Gasteiger partial charge in [-0.2, -0.15) is 0 Å². The lowest BCUT2D eigenvalue weighted by Crippen LogP contribution is -2.40. The standard InChI is InChI=1S/C20H34N4O3S/c1-5-21-20(22-11-8-18-14-16(2)6-7-19(18)27-3)23-15-17-9-12-24(13-10-17)28(4,25)26/h6-7,14,17H,5,8-13,15H2,1-4H3,(H2,21,22,23). The molecule has 2 N–H and O–H groups in total. The Hall–Kier alpha value is -1.80. The van der Waals surface area contributed by atoms with Crippen molar-refractivity contribution in [3.8, 4) is 5.75 Å². The number of nitrogens with one attached hydrogen (secondary N) is 2. The SMILES string of the molecule is CCNC(=NCC1CCN(S(C)(=O)=O)CC1)NCCc1cc(C)ccc1OC. The maximum absolute atomic E-state index is 11.6. The van der Waals surface area contributed by atoms with Gasteiger partial charge in [0.2, 0.25) is 10.0 Å². The number of sulfonamides is 1. The lowest BCUT2D eigenvalue weighted by Gasteiger charge is -2.29. The summed E-state index contributed by atoms with van der Waals surface area (Å²) in [5.74, 6) is 2.14. The highest BCUT2D eigenvalue weighted by atomic mass is 32.2. The molecule has 0 aromatic heterocycles. The summed E-state index contributed by atoms with van der Waals surface area (Å²) in [6.45, 7) is 7.58. The van der Waals surface area contributed by atoms with Crippen molar-refractivity contribution >= 4 is 16.0 Å². The van der Waals surface area contributed by atoms with Gasteiger partial charge in [0.25, 0.3) is 0 Å². The van der Waals surface area contributed by atoms with E-state index in [0.717, 1.165) is 44.1 Å². The maximum atomic E-state index is 11.6. The first-order chi connectivity index (χ1) is 13.3. The second-order valence-corrected chi connectivity index (χ2v) is 9.30. The monoisotopic (exact) mass is 410 g/mol. The Balaban J connectivity index is 1.85. The molecule has 7 nitrogen and oxygen atoms in total. The van der Waals surface area contributed by atoms with Crippen LogP contribution in [0.15, 0.2) is 23.2 Å². The summed E-state index contributed by atoms with van der Waals surface area (Å²) in [4.78, 5) is 4.71. The van der Waals surface area contributed by atoms with Crippen LogP contribution in [0.3, 0.4) is 0 Å². The number of hydrogen-bond donors (Lipinski definition) is 2. The first-order valence-corrected chi connectivity index (χ1v) is 11.8. The Morgan fingerprint density at radius 1 is 1.29 bits per heavy atom. The number of ether oxygens (including phenoxy) is 1. The smallest absolute Gasteiger partial charge is 0.211 e. The zero-order valence-corrected chi connectivity index (χ0v) is 18.3. The molecule has 28 heavy (non-hydrogen) atoms. The average Bonchev–Trinajstić information content (AvgIpc) is 2.66. The number of hydrogen-bond acceptors (Lipinski definition) is 4. The number of guanidine groups is 1. The minimum absolute atomic E-state index is 0.422. The fraction of sp³-hybridized carbons (Fsp3) is 0.650. The topological polar surface area (TPSA) is 83.0 Å². The molecule has 0 spiro atoms. The van der Waals surface area contributed by atoms with Crippen LogP contribution in [0.5, 0.6) is 5.75 Å². The molecule has 0 radical (unpaired) electrons. The Morgan fingerprint density at radius 3 is 2.61 bits per heavy atom. The highest BCUT2D eigenvalue weighted by Crippen LogP contribution is 2.20. The third-order valence-corrected chi connectivity index (χ3v) is 6.32. The lowest BCUT2D eigenvalue weighted by atomic mass is 9.98. The quantitative estimate of drug-likeness (QED) is 0.504. The molecule has 1 saturated heterocycles. The molecule has 0 unspecified atom stereocenters. The van der Waals surface area contributed by atoms with E-state index in [-0.39, 0.29) is 0 Å². The van der Waals surface area contributed by atoms with Gasteiger partial charge in [-0.25, -0.2) is 12.7 Å². The van der Waals surface area contributed by atoms with E-state index in [1.165, 1.54) is 17.4 Å². The third-order valence-electron chi connectivity index (χ3n) is 5.02. The van der Waals surface area contributed by atoms with Gasteiger partial charge in [0.05, 0.1) is 13.4 Å². The fourth-order valence-electron chi connectivity index (χ4n) is 3.40. The average molecular weight is 411 g/mol. The van der Waals surface area contributed by atoms with Crippen molar-refractivity contribution in [3.63, 3.8) is 0 Å². The molecule has 1 heterocycles. The summed E-state index contributed by atoms with van der Waals surface area (Å²) >= 11 is 0. The van der Waals surface area contributed by atoms with E-state index >= 15 is 0 Å². The van der Waals surface area contributed by atoms with E-state index in [1.54, 1.807) is 11.4 Å². The van der Waals surface area contributed by atoms with E-state index in [1.807, 2.05) is 13.0 Å². The molecule has 1 aromatic carbocycles. The summed E-state index contributed by atoms with van der Waals surface area (Å²) in [6.07, 6.45) is 3.84. The van der Waals surface area contributed by atoms with Crippen LogP contribution in [0, 0.1) is 12.8 Å². The van der Waals surface area contributed by atoms with Crippen LogP contribution in [0.25, 0.3) is 0 Å². The molecule has 0 amide bonds. The molecule has 1 aromatic rings. The van der Waals surface area contributed by atoms with Gasteiger partial charge in [0.15, 0.2) is 5.96 Å². The number of aryl methyl sites for hydroxylation is 1. The molecule has 8 heteroatoms. The molecule has 1 aliphatic rings. The summed E-state index contributed by atoms with van der Waals surface area (Å²) in [7, 11) is -1.38. The van der Waals surface area contributed by atoms with Gasteiger partial charge in [-0.3, -0.25) is 4.99 Å². The number of benzene rings is 1. The van der Waals surface area contributed by atoms with Crippen LogP contribution >= 0.6 is 0 Å². The van der Waals surface area contributed by atoms with E-state index < -0.39 is 10.0 Å². The van der Waals surface area contributed by atoms with Gasteiger partial charge >= 0.3 is 0 Å². The van der Waals surface area contributed by atoms with Gasteiger partial charge in [-0.1, -0.05) is 17.7 Å². The van der Waals surface area contributed by atoms with Crippen molar-refractivity contribution in [2.24, 2.45) is 10.9 Å². The fourth-order valence-corrected chi connectivity index (χ4v) is 4.28. The zero-order chi connectivity index (χ0) is 20.6. The van der Waals surface area contributed by atoms with Crippen LogP contribution in [0.4, 0.5) is 0 Å². The number of piperidine rings is 1. The summed E-state index contributed by atoms with van der Waals surface area (Å²) in [5, 5.41) is 6.67. The van der Waals surface area contributed by atoms with Gasteiger partial charge in [-0.05, 0) is 50.7 Å². The number of rotatable bonds is 8. The molecular weight excluding hydrogens is 376 g/mol. The van der Waals surface area contributed by atoms with E-state index in [4.69, 9.17) is 9.73 Å². The predicted molar refractivity (Wildman–Crippen MR) is 115 cm³/mol. The van der Waals surface area contributed by atoms with Crippen molar-refractivity contribution in [1.29, 1.82) is 0 Å². The second-order valence-electron chi connectivity index (χ2n) is 7.32. The predicted octanol–water partition coefficient (Wildman–Crippen LogP) is 1.77. The summed E-state index contributed by atoms with van der Waals surface area (Å²) in [6, 6.07) is 6.21. The van der Waals surface area contributed by atoms with Crippen LogP contribution in [0.1, 0.15) is 30.9 Å². The van der Waals surface area contributed by atoms with Gasteiger partial charge in [-0.15, -0.1) is 0 Å². The van der Waals surface area contributed by atoms with Gasteiger partial charge in [0, 0.05) is 32.7 Å². The number of nitrogens with zero attached hydrogens (tertiary/aromatic N) is 2. The van der Waals surface area contributed by atoms with Crippen molar-refractivity contribution in [1.82, 2.24) is 14.9 Å². The number of methoxy groups -OCH3 is 1. The van der Waals surface area contributed by atoms with E-state index in [2.05, 4.69) is 29.7 Å². The molecule has 2 rings (SSSR count). The third kappa shape index (κ3) is 6.98. The minimum atomic E-state index is -3.07. The molecular formula is C20H34N4O3S. The Kier molecular flexibility index (Phi) is 8.57. The highest BCUT2D eigenvalue weighted by Gasteiger charge is 2.24. The lowest BCUT2D eigenvalue weighted by molar-refractivity contribution is 0.280. The van der Waals surface area contributed by atoms with Crippen molar-refractivity contribution < 1.29 is 13.2 Å². The Morgan fingerprint density at radius 2 is 2.00 bits per heavy atom. The van der Waals surface area contributed by atoms with Crippen molar-refractivity contribution in [2.75, 3.05) is 46.1 Å². The Bertz CT molecular complexity index is 757. The largest absolute Gasteiger partial charge is 0.496 e. The molecule has 0 aliphatic carbocycles. The summed E-state index contributed by atoms with van der Waals surface area (Å²) < 4.78 is 30.2. The highest BCUT2D eigenvalue weighted by molar-refractivity contribution is 7.88. The Labute approximate surface area is 169 Å². The maximum Gasteiger partial charge on any atom is 0.211 e. The summed E-state index contributed by atoms with van der Waals surface area (Å²) in [5.41, 5.74) is 2.40. The van der Waals surface area contributed by atoms with Crippen molar-refractivity contribution in [3.05, 3.63) is 29.3 Å². The van der Waals surface area contributed by atoms with Crippen LogP contribution in [-0.4, -0.2) is 64.8 Å². The molecule has 0 bridgehead atoms. The molecule has 0 saturated carbocycles. The minimum Gasteiger partial charge on any atom is -0.496 e. The van der Waals surface area contributed by atoms with Gasteiger partial charge < -0.3 is 15.4 Å².